The van der Waals surface area contributed by atoms with Crippen LogP contribution >= 0.6 is 0 Å². The van der Waals surface area contributed by atoms with Gasteiger partial charge in [0.2, 0.25) is 5.88 Å². The first kappa shape index (κ1) is 20.1. The Bertz CT molecular complexity index is 1480. The van der Waals surface area contributed by atoms with Gasteiger partial charge in [0.15, 0.2) is 6.04 Å². The molecule has 1 atom stereocenters. The average Bonchev–Trinajstić information content (AvgIpc) is 3.13. The van der Waals surface area contributed by atoms with Crippen molar-refractivity contribution < 1.29 is 15.2 Å². The molecule has 0 saturated carbocycles. The van der Waals surface area contributed by atoms with Crippen LogP contribution in [0.15, 0.2) is 46.0 Å². The zero-order valence-electron chi connectivity index (χ0n) is 18.2. The van der Waals surface area contributed by atoms with Crippen LogP contribution in [0.5, 0.6) is 11.6 Å². The standard InChI is InChI=1S/C24H24N4O4/c1-12-4-7-18(13(2)10-12)28-23(30)19(22(29)27-24(28)31)21-20-15(8-9-25-21)16-11-14(32-3)5-6-17(16)26-20/h4-7,10-11,21,25-26,30H,8-9H2,1-3H3,(H,27,29,31)/p+1/t21-/m1/s1. The number of nitrogens with one attached hydrogen (secondary N) is 2. The maximum atomic E-state index is 12.9. The highest BCUT2D eigenvalue weighted by Crippen LogP contribution is 2.34. The first-order valence-corrected chi connectivity index (χ1v) is 10.6. The lowest BCUT2D eigenvalue weighted by Gasteiger charge is -2.22. The molecule has 3 heterocycles. The molecule has 32 heavy (non-hydrogen) atoms. The van der Waals surface area contributed by atoms with Gasteiger partial charge in [-0.05, 0) is 49.2 Å². The van der Waals surface area contributed by atoms with E-state index in [9.17, 15) is 14.7 Å². The van der Waals surface area contributed by atoms with E-state index in [0.717, 1.165) is 52.0 Å². The number of H-pyrrole nitrogens is 2. The molecule has 0 spiro atoms. The van der Waals surface area contributed by atoms with E-state index in [1.54, 1.807) is 13.2 Å². The fraction of sp³-hybridized carbons (Fsp3) is 0.250. The molecule has 2 aromatic heterocycles. The summed E-state index contributed by atoms with van der Waals surface area (Å²) in [6, 6.07) is 10.9. The lowest BCUT2D eigenvalue weighted by atomic mass is 9.95. The summed E-state index contributed by atoms with van der Waals surface area (Å²) in [5.74, 6) is 0.422. The normalized spacial score (nSPS) is 15.7. The minimum absolute atomic E-state index is 0.157. The molecule has 0 bridgehead atoms. The number of methoxy groups -OCH3 is 1. The number of hydrogen-bond donors (Lipinski definition) is 4. The first-order valence-electron chi connectivity index (χ1n) is 10.6. The zero-order valence-corrected chi connectivity index (χ0v) is 18.2. The molecule has 0 unspecified atom stereocenters. The van der Waals surface area contributed by atoms with Crippen molar-refractivity contribution in [1.82, 2.24) is 14.5 Å². The van der Waals surface area contributed by atoms with Crippen molar-refractivity contribution in [3.63, 3.8) is 0 Å². The second kappa shape index (κ2) is 7.42. The summed E-state index contributed by atoms with van der Waals surface area (Å²) in [4.78, 5) is 31.5. The molecule has 0 amide bonds. The number of aromatic amines is 2. The second-order valence-electron chi connectivity index (χ2n) is 8.30. The van der Waals surface area contributed by atoms with E-state index in [0.29, 0.717) is 5.69 Å². The minimum Gasteiger partial charge on any atom is -0.497 e. The van der Waals surface area contributed by atoms with Crippen molar-refractivity contribution in [2.45, 2.75) is 26.3 Å². The fourth-order valence-electron chi connectivity index (χ4n) is 4.78. The van der Waals surface area contributed by atoms with Gasteiger partial charge in [0.1, 0.15) is 11.3 Å². The Morgan fingerprint density at radius 3 is 2.69 bits per heavy atom. The maximum absolute atomic E-state index is 12.9. The van der Waals surface area contributed by atoms with Gasteiger partial charge in [-0.3, -0.25) is 9.78 Å². The number of nitrogens with two attached hydrogens (primary N) is 1. The van der Waals surface area contributed by atoms with Gasteiger partial charge in [0.25, 0.3) is 5.56 Å². The van der Waals surface area contributed by atoms with E-state index in [1.807, 2.05) is 49.5 Å². The van der Waals surface area contributed by atoms with Gasteiger partial charge in [-0.25, -0.2) is 9.36 Å². The summed E-state index contributed by atoms with van der Waals surface area (Å²) >= 11 is 0. The van der Waals surface area contributed by atoms with Crippen molar-refractivity contribution in [1.29, 1.82) is 0 Å². The number of fused-ring (bicyclic) bond motifs is 3. The summed E-state index contributed by atoms with van der Waals surface area (Å²) in [5.41, 5.74) is 4.19. The third kappa shape index (κ3) is 3.03. The molecule has 5 rings (SSSR count). The van der Waals surface area contributed by atoms with Gasteiger partial charge in [-0.15, -0.1) is 0 Å². The summed E-state index contributed by atoms with van der Waals surface area (Å²) in [7, 11) is 1.63. The molecule has 4 aromatic rings. The summed E-state index contributed by atoms with van der Waals surface area (Å²) in [6.45, 7) is 4.57. The Kier molecular flexibility index (Phi) is 4.67. The molecule has 5 N–H and O–H groups in total. The summed E-state index contributed by atoms with van der Waals surface area (Å²) in [6.07, 6.45) is 0.814. The van der Waals surface area contributed by atoms with Gasteiger partial charge in [-0.1, -0.05) is 17.7 Å². The quantitative estimate of drug-likeness (QED) is 0.392. The molecule has 2 aromatic carbocycles. The maximum Gasteiger partial charge on any atom is 0.335 e. The SMILES string of the molecule is COc1ccc2[nH]c3c(c2c1)CC[NH2+][C@@H]3c1c(O)n(-c2ccc(C)cc2C)c(=O)[nH]c1=O. The second-order valence-corrected chi connectivity index (χ2v) is 8.30. The van der Waals surface area contributed by atoms with Crippen LogP contribution in [-0.2, 0) is 6.42 Å². The monoisotopic (exact) mass is 433 g/mol. The van der Waals surface area contributed by atoms with Gasteiger partial charge >= 0.3 is 5.69 Å². The van der Waals surface area contributed by atoms with Crippen LogP contribution in [0.1, 0.15) is 34.0 Å². The Hall–Kier alpha value is -3.78. The lowest BCUT2D eigenvalue weighted by Crippen LogP contribution is -2.87. The number of nitrogens with zero attached hydrogens (tertiary/aromatic N) is 1. The fourth-order valence-corrected chi connectivity index (χ4v) is 4.78. The smallest absolute Gasteiger partial charge is 0.335 e. The zero-order chi connectivity index (χ0) is 22.6. The molecule has 8 heteroatoms. The molecule has 0 aliphatic carbocycles. The van der Waals surface area contributed by atoms with Crippen molar-refractivity contribution in [2.24, 2.45) is 0 Å². The van der Waals surface area contributed by atoms with E-state index in [4.69, 9.17) is 4.74 Å². The molecule has 1 aliphatic rings. The number of aromatic hydroxyl groups is 1. The van der Waals surface area contributed by atoms with E-state index >= 15 is 0 Å². The molecule has 164 valence electrons. The average molecular weight is 433 g/mol. The van der Waals surface area contributed by atoms with Crippen LogP contribution in [0.2, 0.25) is 0 Å². The van der Waals surface area contributed by atoms with Crippen LogP contribution in [0.4, 0.5) is 0 Å². The minimum atomic E-state index is -0.666. The Morgan fingerprint density at radius 1 is 1.12 bits per heavy atom. The number of aryl methyl sites for hydroxylation is 2. The predicted octanol–water partition coefficient (Wildman–Crippen LogP) is 1.55. The number of aromatic nitrogens is 3. The van der Waals surface area contributed by atoms with Crippen LogP contribution in [0, 0.1) is 13.8 Å². The third-order valence-corrected chi connectivity index (χ3v) is 6.28. The van der Waals surface area contributed by atoms with E-state index in [1.165, 1.54) is 4.57 Å². The van der Waals surface area contributed by atoms with Crippen molar-refractivity contribution in [2.75, 3.05) is 13.7 Å². The molecule has 0 saturated heterocycles. The van der Waals surface area contributed by atoms with Crippen molar-refractivity contribution >= 4 is 10.9 Å². The molecule has 0 radical (unpaired) electrons. The van der Waals surface area contributed by atoms with E-state index < -0.39 is 17.3 Å². The third-order valence-electron chi connectivity index (χ3n) is 6.28. The van der Waals surface area contributed by atoms with Crippen LogP contribution in [-0.4, -0.2) is 33.3 Å². The van der Waals surface area contributed by atoms with Gasteiger partial charge in [0, 0.05) is 17.3 Å². The summed E-state index contributed by atoms with van der Waals surface area (Å²) < 4.78 is 6.55. The van der Waals surface area contributed by atoms with Crippen LogP contribution < -0.4 is 21.3 Å². The molecule has 1 aliphatic heterocycles. The largest absolute Gasteiger partial charge is 0.497 e. The lowest BCUT2D eigenvalue weighted by molar-refractivity contribution is -0.690. The topological polar surface area (TPSA) is 117 Å². The number of rotatable bonds is 3. The van der Waals surface area contributed by atoms with Crippen LogP contribution in [0.25, 0.3) is 16.6 Å². The highest BCUT2D eigenvalue weighted by molar-refractivity contribution is 5.86. The Labute approximate surface area is 183 Å². The Morgan fingerprint density at radius 2 is 1.94 bits per heavy atom. The number of benzene rings is 2. The number of quaternary nitrogens is 1. The van der Waals surface area contributed by atoms with Gasteiger partial charge in [0.05, 0.1) is 25.0 Å². The summed E-state index contributed by atoms with van der Waals surface area (Å²) in [5, 5.41) is 14.3. The molecule has 0 fully saturated rings. The number of ether oxygens (including phenoxy) is 1. The predicted molar refractivity (Wildman–Crippen MR) is 121 cm³/mol. The molecular formula is C24H25N4O4+. The molecule has 8 nitrogen and oxygen atoms in total. The van der Waals surface area contributed by atoms with Gasteiger partial charge in [-0.2, -0.15) is 0 Å². The van der Waals surface area contributed by atoms with E-state index in [-0.39, 0.29) is 11.4 Å². The molecular weight excluding hydrogens is 408 g/mol. The van der Waals surface area contributed by atoms with Crippen molar-refractivity contribution in [3.8, 4) is 17.3 Å². The highest BCUT2D eigenvalue weighted by Gasteiger charge is 2.34. The first-order chi connectivity index (χ1) is 15.4. The van der Waals surface area contributed by atoms with Crippen molar-refractivity contribution in [3.05, 3.63) is 85.2 Å². The number of hydrogen-bond acceptors (Lipinski definition) is 4. The van der Waals surface area contributed by atoms with Gasteiger partial charge < -0.3 is 20.1 Å². The highest BCUT2D eigenvalue weighted by atomic mass is 16.5. The van der Waals surface area contributed by atoms with Crippen LogP contribution in [0.3, 0.4) is 0 Å². The Balaban J connectivity index is 1.73. The van der Waals surface area contributed by atoms with E-state index in [2.05, 4.69) is 9.97 Å².